The van der Waals surface area contributed by atoms with Crippen molar-refractivity contribution < 1.29 is 64.6 Å². The number of alkyl halides is 3. The van der Waals surface area contributed by atoms with Gasteiger partial charge in [0, 0.05) is 11.2 Å². The van der Waals surface area contributed by atoms with Crippen LogP contribution in [-0.4, -0.2) is 20.3 Å². The van der Waals surface area contributed by atoms with Crippen LogP contribution in [0.5, 0.6) is 0 Å². The Morgan fingerprint density at radius 3 is 1.60 bits per heavy atom. The van der Waals surface area contributed by atoms with Gasteiger partial charge in [0.05, 0.1) is 6.67 Å². The third-order valence-electron chi connectivity index (χ3n) is 1.24. The molecule has 0 aromatic rings. The smallest absolute Gasteiger partial charge is 0.524 e. The van der Waals surface area contributed by atoms with E-state index >= 15 is 0 Å². The monoisotopic (exact) mass is 175 g/mol. The molecule has 0 rings (SSSR count). The van der Waals surface area contributed by atoms with Crippen LogP contribution in [0.15, 0.2) is 0 Å². The van der Waals surface area contributed by atoms with E-state index in [9.17, 15) is 13.2 Å². The third-order valence-corrected chi connectivity index (χ3v) is 1.24. The number of hydrogen-bond donors (Lipinski definition) is 0. The predicted molar refractivity (Wildman–Crippen MR) is 30.5 cm³/mol. The molecule has 0 heterocycles. The molecule has 0 aromatic carbocycles. The summed E-state index contributed by atoms with van der Waals surface area (Å²) in [7, 11) is 4.35. The molecule has 0 nitrogen and oxygen atoms in total. The van der Waals surface area contributed by atoms with Crippen molar-refractivity contribution >= 4 is 7.85 Å². The molecule has 0 N–H and O–H groups in total. The normalized spacial score (nSPS) is 12.6. The van der Waals surface area contributed by atoms with Crippen molar-refractivity contribution in [3.05, 3.63) is 0 Å². The van der Waals surface area contributed by atoms with Crippen LogP contribution in [-0.2, 0) is 0 Å². The average molecular weight is 175 g/mol. The molecule has 0 fully saturated rings. The van der Waals surface area contributed by atoms with Gasteiger partial charge in [-0.3, -0.25) is 13.2 Å². The van der Waals surface area contributed by atoms with Gasteiger partial charge in [0.2, 0.25) is 0 Å². The molecule has 0 bridgehead atoms. The van der Waals surface area contributed by atoms with Crippen LogP contribution in [0.3, 0.4) is 0 Å². The Morgan fingerprint density at radius 1 is 1.30 bits per heavy atom. The minimum atomic E-state index is -3.43. The molecule has 0 aromatic heterocycles. The molecular formula is C5H8BF3K. The van der Waals surface area contributed by atoms with Crippen molar-refractivity contribution in [3.63, 3.8) is 0 Å². The van der Waals surface area contributed by atoms with Crippen LogP contribution < -0.4 is 51.4 Å². The van der Waals surface area contributed by atoms with E-state index < -0.39 is 17.9 Å². The van der Waals surface area contributed by atoms with Gasteiger partial charge in [-0.15, -0.1) is 0 Å². The second kappa shape index (κ2) is 4.50. The van der Waals surface area contributed by atoms with Crippen LogP contribution in [0.1, 0.15) is 13.8 Å². The summed E-state index contributed by atoms with van der Waals surface area (Å²) in [6.07, 6.45) is 0. The largest absolute Gasteiger partial charge is 1.00 e. The summed E-state index contributed by atoms with van der Waals surface area (Å²) in [5.41, 5.74) is -1.74. The Morgan fingerprint density at radius 2 is 1.60 bits per heavy atom. The average Bonchev–Trinajstić information content (AvgIpc) is 1.64. The zero-order valence-corrected chi connectivity index (χ0v) is 9.54. The Bertz CT molecular complexity index is 99.6. The van der Waals surface area contributed by atoms with Gasteiger partial charge < -0.3 is 7.85 Å². The molecule has 0 atom stereocenters. The second-order valence-corrected chi connectivity index (χ2v) is 2.64. The molecule has 53 valence electrons. The Labute approximate surface area is 103 Å². The van der Waals surface area contributed by atoms with Gasteiger partial charge in [-0.25, -0.2) is 0 Å². The molecule has 5 heteroatoms. The van der Waals surface area contributed by atoms with Gasteiger partial charge in [-0.1, -0.05) is 13.8 Å². The van der Waals surface area contributed by atoms with Crippen LogP contribution >= 0.6 is 0 Å². The quantitative estimate of drug-likeness (QED) is 0.460. The maximum absolute atomic E-state index is 12.0. The molecular weight excluding hydrogens is 167 g/mol. The number of halogens is 3. The van der Waals surface area contributed by atoms with Crippen LogP contribution in [0.4, 0.5) is 13.2 Å². The molecule has 0 aliphatic rings. The molecule has 0 unspecified atom stereocenters. The van der Waals surface area contributed by atoms with Crippen molar-refractivity contribution in [3.8, 4) is 0 Å². The Hall–Kier alpha value is 1.49. The summed E-state index contributed by atoms with van der Waals surface area (Å²) in [4.78, 5) is 0. The van der Waals surface area contributed by atoms with E-state index in [1.807, 2.05) is 0 Å². The first-order chi connectivity index (χ1) is 3.81. The van der Waals surface area contributed by atoms with Crippen LogP contribution in [0.2, 0.25) is 0 Å². The standard InChI is InChI=1S/C5H8BF3.K/c1-4(2,3-7)5(6,8)9;/h3H2,1-2H3;/q-1;+1. The SMILES string of the molecule is [B-]C(F)(F)C(C)(C)CF.[K+]. The molecule has 10 heavy (non-hydrogen) atoms. The topological polar surface area (TPSA) is 0 Å². The summed E-state index contributed by atoms with van der Waals surface area (Å²) < 4.78 is 35.8. The molecule has 0 saturated carbocycles. The minimum absolute atomic E-state index is 0. The van der Waals surface area contributed by atoms with Gasteiger partial charge in [-0.2, -0.15) is 0 Å². The molecule has 0 aliphatic carbocycles. The van der Waals surface area contributed by atoms with Crippen molar-refractivity contribution in [1.82, 2.24) is 0 Å². The summed E-state index contributed by atoms with van der Waals surface area (Å²) in [5, 5.41) is 0. The van der Waals surface area contributed by atoms with Gasteiger partial charge in [0.1, 0.15) is 0 Å². The van der Waals surface area contributed by atoms with Crippen molar-refractivity contribution in [2.75, 3.05) is 6.67 Å². The summed E-state index contributed by atoms with van der Waals surface area (Å²) in [6, 6.07) is 0. The first-order valence-electron chi connectivity index (χ1n) is 2.54. The van der Waals surface area contributed by atoms with Gasteiger partial charge in [0.15, 0.2) is 0 Å². The van der Waals surface area contributed by atoms with E-state index in [4.69, 9.17) is 0 Å². The molecule has 3 radical (unpaired) electrons. The van der Waals surface area contributed by atoms with Crippen LogP contribution in [0.25, 0.3) is 0 Å². The zero-order valence-electron chi connectivity index (χ0n) is 6.42. The molecule has 0 amide bonds. The predicted octanol–water partition coefficient (Wildman–Crippen LogP) is -1.25. The van der Waals surface area contributed by atoms with E-state index in [2.05, 4.69) is 7.85 Å². The molecule has 0 spiro atoms. The Kier molecular flexibility index (Phi) is 6.32. The minimum Gasteiger partial charge on any atom is -0.524 e. The van der Waals surface area contributed by atoms with Gasteiger partial charge in [-0.05, 0) is 0 Å². The Balaban J connectivity index is 0. The number of hydrogen-bond acceptors (Lipinski definition) is 0. The third kappa shape index (κ3) is 3.76. The summed E-state index contributed by atoms with van der Waals surface area (Å²) in [5.74, 6) is -3.43. The van der Waals surface area contributed by atoms with Crippen molar-refractivity contribution in [2.24, 2.45) is 5.41 Å². The maximum atomic E-state index is 12.0. The summed E-state index contributed by atoms with van der Waals surface area (Å²) in [6.45, 7) is 1.04. The van der Waals surface area contributed by atoms with E-state index in [0.29, 0.717) is 0 Å². The molecule has 0 aliphatic heterocycles. The van der Waals surface area contributed by atoms with Gasteiger partial charge in [0.25, 0.3) is 0 Å². The first kappa shape index (κ1) is 14.0. The van der Waals surface area contributed by atoms with Crippen molar-refractivity contribution in [1.29, 1.82) is 0 Å². The van der Waals surface area contributed by atoms with Crippen molar-refractivity contribution in [2.45, 2.75) is 19.7 Å². The first-order valence-corrected chi connectivity index (χ1v) is 2.54. The number of rotatable bonds is 2. The fraction of sp³-hybridized carbons (Fsp3) is 1.00. The van der Waals surface area contributed by atoms with E-state index in [1.165, 1.54) is 0 Å². The summed E-state index contributed by atoms with van der Waals surface area (Å²) >= 11 is 0. The maximum Gasteiger partial charge on any atom is 1.00 e. The second-order valence-electron chi connectivity index (χ2n) is 2.64. The zero-order chi connectivity index (χ0) is 7.71. The van der Waals surface area contributed by atoms with Gasteiger partial charge >= 0.3 is 51.4 Å². The van der Waals surface area contributed by atoms with E-state index in [0.717, 1.165) is 13.8 Å². The van der Waals surface area contributed by atoms with E-state index in [-0.39, 0.29) is 51.4 Å². The van der Waals surface area contributed by atoms with E-state index in [1.54, 1.807) is 0 Å². The molecule has 0 saturated heterocycles. The fourth-order valence-corrected chi connectivity index (χ4v) is 0.0891. The fourth-order valence-electron chi connectivity index (χ4n) is 0.0891. The van der Waals surface area contributed by atoms with Crippen LogP contribution in [0, 0.1) is 5.41 Å².